The molecular weight excluding hydrogens is 434 g/mol. The number of hydrogen-bond donors (Lipinski definition) is 0. The molecule has 0 aliphatic carbocycles. The number of carbonyl (C=O) groups excluding carboxylic acids is 1. The summed E-state index contributed by atoms with van der Waals surface area (Å²) in [5.41, 5.74) is 1.31. The monoisotopic (exact) mass is 459 g/mol. The van der Waals surface area contributed by atoms with Crippen LogP contribution in [0.2, 0.25) is 0 Å². The Morgan fingerprint density at radius 3 is 2.28 bits per heavy atom. The minimum absolute atomic E-state index is 0.0598. The van der Waals surface area contributed by atoms with Gasteiger partial charge in [0.1, 0.15) is 5.75 Å². The highest BCUT2D eigenvalue weighted by Gasteiger charge is 2.31. The number of amides is 1. The molecule has 1 aliphatic heterocycles. The number of methoxy groups -OCH3 is 1. The van der Waals surface area contributed by atoms with Crippen LogP contribution < -0.4 is 10.5 Å². The lowest BCUT2D eigenvalue weighted by Gasteiger charge is -2.34. The van der Waals surface area contributed by atoms with E-state index < -0.39 is 15.8 Å². The van der Waals surface area contributed by atoms with Crippen molar-refractivity contribution in [2.75, 3.05) is 33.3 Å². The number of piperazine rings is 1. The molecule has 0 bridgehead atoms. The second-order valence-corrected chi connectivity index (χ2v) is 9.82. The molecule has 0 saturated carbocycles. The van der Waals surface area contributed by atoms with E-state index in [1.807, 2.05) is 13.8 Å². The fraction of sp³-hybridized carbons (Fsp3) is 0.364. The molecule has 10 heteroatoms. The summed E-state index contributed by atoms with van der Waals surface area (Å²) in [6.45, 7) is 4.64. The molecule has 4 rings (SSSR count). The molecule has 0 radical (unpaired) electrons. The van der Waals surface area contributed by atoms with Crippen molar-refractivity contribution in [1.82, 2.24) is 13.8 Å². The summed E-state index contributed by atoms with van der Waals surface area (Å²) in [6, 6.07) is 11.2. The Morgan fingerprint density at radius 2 is 1.69 bits per heavy atom. The van der Waals surface area contributed by atoms with Crippen molar-refractivity contribution in [1.29, 1.82) is 0 Å². The predicted octanol–water partition coefficient (Wildman–Crippen LogP) is 2.33. The number of hydrogen-bond acceptors (Lipinski definition) is 6. The maximum Gasteiger partial charge on any atom is 0.420 e. The van der Waals surface area contributed by atoms with Gasteiger partial charge in [-0.05, 0) is 50.2 Å². The molecule has 0 unspecified atom stereocenters. The zero-order valence-electron chi connectivity index (χ0n) is 18.1. The van der Waals surface area contributed by atoms with E-state index in [2.05, 4.69) is 0 Å². The second kappa shape index (κ2) is 8.44. The van der Waals surface area contributed by atoms with Crippen molar-refractivity contribution in [2.24, 2.45) is 0 Å². The minimum Gasteiger partial charge on any atom is -0.497 e. The maximum absolute atomic E-state index is 13.2. The lowest BCUT2D eigenvalue weighted by molar-refractivity contribution is 0.0698. The average molecular weight is 460 g/mol. The maximum atomic E-state index is 13.2. The number of fused-ring (bicyclic) bond motifs is 1. The third-order valence-corrected chi connectivity index (χ3v) is 7.50. The van der Waals surface area contributed by atoms with Gasteiger partial charge in [0.15, 0.2) is 5.58 Å². The molecule has 0 spiro atoms. The summed E-state index contributed by atoms with van der Waals surface area (Å²) >= 11 is 0. The SMILES string of the molecule is COc1ccc(C(=O)N2CCN(S(=O)(=O)c3ccc4c(c3)oc(=O)n4C(C)C)CC2)cc1. The van der Waals surface area contributed by atoms with Crippen LogP contribution in [0.1, 0.15) is 30.2 Å². The van der Waals surface area contributed by atoms with Crippen LogP contribution in [-0.4, -0.2) is 61.4 Å². The Balaban J connectivity index is 1.50. The van der Waals surface area contributed by atoms with E-state index in [0.29, 0.717) is 16.8 Å². The largest absolute Gasteiger partial charge is 0.497 e. The van der Waals surface area contributed by atoms with Gasteiger partial charge in [-0.3, -0.25) is 9.36 Å². The van der Waals surface area contributed by atoms with Gasteiger partial charge in [0.25, 0.3) is 5.91 Å². The van der Waals surface area contributed by atoms with Crippen LogP contribution in [0, 0.1) is 0 Å². The van der Waals surface area contributed by atoms with Crippen LogP contribution in [0.4, 0.5) is 0 Å². The summed E-state index contributed by atoms with van der Waals surface area (Å²) in [5.74, 6) is -0.00729. The number of benzene rings is 2. The standard InChI is InChI=1S/C22H25N3O6S/c1-15(2)25-19-9-8-18(14-20(19)31-22(25)27)32(28,29)24-12-10-23(11-13-24)21(26)16-4-6-17(30-3)7-5-16/h4-9,14-15H,10-13H2,1-3H3. The molecular formula is C22H25N3O6S. The number of ether oxygens (including phenoxy) is 1. The Kier molecular flexibility index (Phi) is 5.83. The summed E-state index contributed by atoms with van der Waals surface area (Å²) in [7, 11) is -2.24. The van der Waals surface area contributed by atoms with Crippen molar-refractivity contribution < 1.29 is 22.4 Å². The van der Waals surface area contributed by atoms with Crippen LogP contribution in [0.15, 0.2) is 56.6 Å². The topological polar surface area (TPSA) is 102 Å². The molecule has 170 valence electrons. The molecule has 1 fully saturated rings. The summed E-state index contributed by atoms with van der Waals surface area (Å²) in [4.78, 5) is 26.5. The van der Waals surface area contributed by atoms with Gasteiger partial charge < -0.3 is 14.1 Å². The molecule has 9 nitrogen and oxygen atoms in total. The third kappa shape index (κ3) is 3.91. The lowest BCUT2D eigenvalue weighted by atomic mass is 10.2. The van der Waals surface area contributed by atoms with Gasteiger partial charge in [-0.25, -0.2) is 13.2 Å². The van der Waals surface area contributed by atoms with Crippen molar-refractivity contribution in [3.05, 3.63) is 58.6 Å². The first-order valence-corrected chi connectivity index (χ1v) is 11.7. The quantitative estimate of drug-likeness (QED) is 0.580. The van der Waals surface area contributed by atoms with Gasteiger partial charge >= 0.3 is 5.76 Å². The Hall–Kier alpha value is -3.11. The van der Waals surface area contributed by atoms with E-state index in [0.717, 1.165) is 0 Å². The van der Waals surface area contributed by atoms with Gasteiger partial charge in [0.05, 0.1) is 17.5 Å². The fourth-order valence-corrected chi connectivity index (χ4v) is 5.30. The highest BCUT2D eigenvalue weighted by Crippen LogP contribution is 2.24. The Morgan fingerprint density at radius 1 is 1.03 bits per heavy atom. The predicted molar refractivity (Wildman–Crippen MR) is 119 cm³/mol. The Bertz CT molecular complexity index is 1300. The number of sulfonamides is 1. The molecule has 1 saturated heterocycles. The first kappa shape index (κ1) is 22.1. The molecule has 32 heavy (non-hydrogen) atoms. The van der Waals surface area contributed by atoms with Crippen LogP contribution in [0.5, 0.6) is 5.75 Å². The van der Waals surface area contributed by atoms with E-state index in [-0.39, 0.29) is 48.6 Å². The van der Waals surface area contributed by atoms with E-state index in [4.69, 9.17) is 9.15 Å². The highest BCUT2D eigenvalue weighted by molar-refractivity contribution is 7.89. The second-order valence-electron chi connectivity index (χ2n) is 7.89. The molecule has 1 amide bonds. The van der Waals surface area contributed by atoms with Crippen molar-refractivity contribution in [3.8, 4) is 5.75 Å². The number of carbonyl (C=O) groups is 1. The van der Waals surface area contributed by atoms with Crippen molar-refractivity contribution in [2.45, 2.75) is 24.8 Å². The summed E-state index contributed by atoms with van der Waals surface area (Å²) < 4.78 is 39.5. The Labute approximate surface area is 185 Å². The van der Waals surface area contributed by atoms with E-state index >= 15 is 0 Å². The number of nitrogens with zero attached hydrogens (tertiary/aromatic N) is 3. The van der Waals surface area contributed by atoms with Crippen LogP contribution in [0.25, 0.3) is 11.1 Å². The minimum atomic E-state index is -3.79. The molecule has 3 aromatic rings. The average Bonchev–Trinajstić information content (AvgIpc) is 3.13. The van der Waals surface area contributed by atoms with Gasteiger partial charge in [-0.1, -0.05) is 0 Å². The number of oxazole rings is 1. The van der Waals surface area contributed by atoms with Crippen LogP contribution in [0.3, 0.4) is 0 Å². The van der Waals surface area contributed by atoms with E-state index in [1.54, 1.807) is 42.3 Å². The zero-order valence-corrected chi connectivity index (χ0v) is 19.0. The van der Waals surface area contributed by atoms with Gasteiger partial charge in [-0.2, -0.15) is 4.31 Å². The molecule has 2 aromatic carbocycles. The van der Waals surface area contributed by atoms with Gasteiger partial charge in [0.2, 0.25) is 10.0 Å². The van der Waals surface area contributed by atoms with Crippen LogP contribution >= 0.6 is 0 Å². The molecule has 0 atom stereocenters. The molecule has 1 aromatic heterocycles. The first-order chi connectivity index (χ1) is 15.2. The fourth-order valence-electron chi connectivity index (χ4n) is 3.86. The lowest BCUT2D eigenvalue weighted by Crippen LogP contribution is -2.50. The number of aromatic nitrogens is 1. The van der Waals surface area contributed by atoms with Crippen LogP contribution in [-0.2, 0) is 10.0 Å². The third-order valence-electron chi connectivity index (χ3n) is 5.60. The van der Waals surface area contributed by atoms with Gasteiger partial charge in [0, 0.05) is 43.9 Å². The normalized spacial score (nSPS) is 15.4. The molecule has 2 heterocycles. The smallest absolute Gasteiger partial charge is 0.420 e. The number of rotatable bonds is 5. The van der Waals surface area contributed by atoms with Crippen molar-refractivity contribution in [3.63, 3.8) is 0 Å². The highest BCUT2D eigenvalue weighted by atomic mass is 32.2. The summed E-state index contributed by atoms with van der Waals surface area (Å²) in [5, 5.41) is 0. The first-order valence-electron chi connectivity index (χ1n) is 10.3. The summed E-state index contributed by atoms with van der Waals surface area (Å²) in [6.07, 6.45) is 0. The molecule has 0 N–H and O–H groups in total. The van der Waals surface area contributed by atoms with Crippen molar-refractivity contribution >= 4 is 27.0 Å². The zero-order chi connectivity index (χ0) is 23.0. The van der Waals surface area contributed by atoms with E-state index in [9.17, 15) is 18.0 Å². The molecule has 1 aliphatic rings. The van der Waals surface area contributed by atoms with Gasteiger partial charge in [-0.15, -0.1) is 0 Å². The van der Waals surface area contributed by atoms with E-state index in [1.165, 1.54) is 21.0 Å².